The quantitative estimate of drug-likeness (QED) is 0.428. The van der Waals surface area contributed by atoms with Crippen molar-refractivity contribution in [3.8, 4) is 0 Å². The second-order valence-electron chi connectivity index (χ2n) is 7.82. The third-order valence-electron chi connectivity index (χ3n) is 5.99. The number of hydrogen-bond donors (Lipinski definition) is 0. The lowest BCUT2D eigenvalue weighted by Gasteiger charge is -2.29. The maximum atomic E-state index is 13.0. The summed E-state index contributed by atoms with van der Waals surface area (Å²) in [4.78, 5) is 18.2. The van der Waals surface area contributed by atoms with Gasteiger partial charge in [0, 0.05) is 30.9 Å². The van der Waals surface area contributed by atoms with Crippen molar-refractivity contribution in [3.63, 3.8) is 0 Å². The van der Waals surface area contributed by atoms with Gasteiger partial charge in [-0.15, -0.1) is 11.3 Å². The van der Waals surface area contributed by atoms with Gasteiger partial charge in [-0.25, -0.2) is 8.42 Å². The third-order valence-corrected chi connectivity index (χ3v) is 10.4. The lowest BCUT2D eigenvalue weighted by atomic mass is 9.98. The number of hydrogen-bond acceptors (Lipinski definition) is 5. The predicted molar refractivity (Wildman–Crippen MR) is 129 cm³/mol. The number of fused-ring (bicyclic) bond motifs is 3. The summed E-state index contributed by atoms with van der Waals surface area (Å²) in [6.45, 7) is 3.47. The average Bonchev–Trinajstić information content (AvgIpc) is 3.47. The molecule has 1 aliphatic heterocycles. The number of carbonyl (C=O) groups excluding carboxylic acids is 1. The van der Waals surface area contributed by atoms with Crippen LogP contribution in [0.2, 0.25) is 0 Å². The summed E-state index contributed by atoms with van der Waals surface area (Å²) >= 11 is 2.77. The fourth-order valence-corrected chi connectivity index (χ4v) is 8.10. The van der Waals surface area contributed by atoms with Gasteiger partial charge in [0.25, 0.3) is 15.9 Å². The second-order valence-corrected chi connectivity index (χ2v) is 11.9. The SMILES string of the molecule is CCn1c(=NC(=O)C2CCN(S(=O)(=O)c3cccs3)CC2)sc2c3ccccc3ccc21. The Morgan fingerprint density at radius 3 is 2.59 bits per heavy atom. The van der Waals surface area contributed by atoms with E-state index in [1.807, 2.05) is 12.1 Å². The molecule has 9 heteroatoms. The Balaban J connectivity index is 1.41. The van der Waals surface area contributed by atoms with Gasteiger partial charge in [0.15, 0.2) is 4.80 Å². The van der Waals surface area contributed by atoms with Crippen LogP contribution in [0.3, 0.4) is 0 Å². The van der Waals surface area contributed by atoms with Gasteiger partial charge in [0.05, 0.1) is 10.2 Å². The molecule has 0 spiro atoms. The largest absolute Gasteiger partial charge is 0.317 e. The Kier molecular flexibility index (Phi) is 5.75. The van der Waals surface area contributed by atoms with Crippen molar-refractivity contribution in [2.24, 2.45) is 10.9 Å². The standard InChI is InChI=1S/C23H23N3O3S3/c1-2-26-19-10-9-16-6-3-4-7-18(16)21(19)31-23(26)24-22(27)17-11-13-25(14-12-17)32(28,29)20-8-5-15-30-20/h3-10,15,17H,2,11-14H2,1H3. The molecule has 0 aliphatic carbocycles. The molecule has 32 heavy (non-hydrogen) atoms. The van der Waals surface area contributed by atoms with Crippen LogP contribution in [-0.2, 0) is 21.4 Å². The Hall–Kier alpha value is -2.33. The molecular formula is C23H23N3O3S3. The Morgan fingerprint density at radius 1 is 1.09 bits per heavy atom. The number of amides is 1. The number of carbonyl (C=O) groups is 1. The summed E-state index contributed by atoms with van der Waals surface area (Å²) in [6.07, 6.45) is 0.986. The van der Waals surface area contributed by atoms with E-state index in [2.05, 4.69) is 40.7 Å². The van der Waals surface area contributed by atoms with E-state index in [9.17, 15) is 13.2 Å². The second kappa shape index (κ2) is 8.55. The molecule has 2 aromatic heterocycles. The van der Waals surface area contributed by atoms with Gasteiger partial charge in [-0.2, -0.15) is 9.30 Å². The van der Waals surface area contributed by atoms with Crippen molar-refractivity contribution < 1.29 is 13.2 Å². The van der Waals surface area contributed by atoms with E-state index in [4.69, 9.17) is 0 Å². The zero-order valence-electron chi connectivity index (χ0n) is 17.6. The zero-order valence-corrected chi connectivity index (χ0v) is 20.0. The minimum atomic E-state index is -3.47. The van der Waals surface area contributed by atoms with E-state index in [0.29, 0.717) is 34.9 Å². The predicted octanol–water partition coefficient (Wildman–Crippen LogP) is 4.47. The Bertz CT molecular complexity index is 1460. The number of benzene rings is 2. The molecule has 0 unspecified atom stereocenters. The molecule has 4 aromatic rings. The number of thiazole rings is 1. The third kappa shape index (κ3) is 3.73. The summed E-state index contributed by atoms with van der Waals surface area (Å²) < 4.78 is 30.5. The Morgan fingerprint density at radius 2 is 1.88 bits per heavy atom. The number of piperidine rings is 1. The number of thiophene rings is 1. The fourth-order valence-electron chi connectivity index (χ4n) is 4.26. The van der Waals surface area contributed by atoms with Gasteiger partial charge in [-0.05, 0) is 42.7 Å². The molecule has 0 radical (unpaired) electrons. The van der Waals surface area contributed by atoms with Crippen molar-refractivity contribution in [3.05, 3.63) is 58.7 Å². The fraction of sp³-hybridized carbons (Fsp3) is 0.304. The highest BCUT2D eigenvalue weighted by Crippen LogP contribution is 2.29. The zero-order chi connectivity index (χ0) is 22.3. The minimum Gasteiger partial charge on any atom is -0.317 e. The Labute approximate surface area is 194 Å². The van der Waals surface area contributed by atoms with Crippen molar-refractivity contribution in [2.75, 3.05) is 13.1 Å². The van der Waals surface area contributed by atoms with Crippen LogP contribution in [0.1, 0.15) is 19.8 Å². The first-order chi connectivity index (χ1) is 15.5. The van der Waals surface area contributed by atoms with E-state index >= 15 is 0 Å². The van der Waals surface area contributed by atoms with E-state index in [-0.39, 0.29) is 11.8 Å². The van der Waals surface area contributed by atoms with Crippen LogP contribution >= 0.6 is 22.7 Å². The number of nitrogens with zero attached hydrogens (tertiary/aromatic N) is 3. The molecular weight excluding hydrogens is 462 g/mol. The van der Waals surface area contributed by atoms with Crippen LogP contribution in [0.25, 0.3) is 21.0 Å². The summed E-state index contributed by atoms with van der Waals surface area (Å²) in [5.74, 6) is -0.409. The maximum absolute atomic E-state index is 13.0. The molecule has 5 rings (SSSR count). The molecule has 0 bridgehead atoms. The van der Waals surface area contributed by atoms with Crippen LogP contribution in [0.4, 0.5) is 0 Å². The topological polar surface area (TPSA) is 71.7 Å². The highest BCUT2D eigenvalue weighted by molar-refractivity contribution is 7.91. The molecule has 1 fully saturated rings. The molecule has 1 saturated heterocycles. The highest BCUT2D eigenvalue weighted by Gasteiger charge is 2.32. The van der Waals surface area contributed by atoms with Crippen LogP contribution in [0.5, 0.6) is 0 Å². The van der Waals surface area contributed by atoms with Crippen LogP contribution in [-0.4, -0.2) is 36.3 Å². The van der Waals surface area contributed by atoms with Crippen LogP contribution < -0.4 is 4.80 Å². The molecule has 0 saturated carbocycles. The number of sulfonamides is 1. The molecule has 1 aliphatic rings. The first-order valence-electron chi connectivity index (χ1n) is 10.6. The van der Waals surface area contributed by atoms with E-state index in [1.54, 1.807) is 28.8 Å². The van der Waals surface area contributed by atoms with Gasteiger partial charge in [-0.1, -0.05) is 47.7 Å². The lowest BCUT2D eigenvalue weighted by Crippen LogP contribution is -2.40. The van der Waals surface area contributed by atoms with Crippen molar-refractivity contribution in [2.45, 2.75) is 30.5 Å². The number of aromatic nitrogens is 1. The van der Waals surface area contributed by atoms with E-state index in [0.717, 1.165) is 22.1 Å². The van der Waals surface area contributed by atoms with Crippen LogP contribution in [0, 0.1) is 5.92 Å². The van der Waals surface area contributed by atoms with Crippen molar-refractivity contribution >= 4 is 59.6 Å². The molecule has 166 valence electrons. The van der Waals surface area contributed by atoms with Crippen molar-refractivity contribution in [1.82, 2.24) is 8.87 Å². The molecule has 0 N–H and O–H groups in total. The summed E-state index contributed by atoms with van der Waals surface area (Å²) in [5, 5.41) is 4.10. The highest BCUT2D eigenvalue weighted by atomic mass is 32.2. The van der Waals surface area contributed by atoms with Gasteiger partial charge in [-0.3, -0.25) is 4.79 Å². The summed E-state index contributed by atoms with van der Waals surface area (Å²) in [6, 6.07) is 15.8. The lowest BCUT2D eigenvalue weighted by molar-refractivity contribution is -0.122. The molecule has 1 amide bonds. The van der Waals surface area contributed by atoms with E-state index < -0.39 is 10.0 Å². The summed E-state index contributed by atoms with van der Waals surface area (Å²) in [5.41, 5.74) is 1.08. The van der Waals surface area contributed by atoms with Gasteiger partial charge < -0.3 is 4.57 Å². The maximum Gasteiger partial charge on any atom is 0.252 e. The summed E-state index contributed by atoms with van der Waals surface area (Å²) in [7, 11) is -3.47. The molecule has 3 heterocycles. The monoisotopic (exact) mass is 485 g/mol. The normalized spacial score (nSPS) is 16.8. The smallest absolute Gasteiger partial charge is 0.252 e. The van der Waals surface area contributed by atoms with Gasteiger partial charge in [0.1, 0.15) is 4.21 Å². The van der Waals surface area contributed by atoms with E-state index in [1.165, 1.54) is 21.0 Å². The number of rotatable bonds is 4. The van der Waals surface area contributed by atoms with Crippen molar-refractivity contribution in [1.29, 1.82) is 0 Å². The molecule has 2 aromatic carbocycles. The first-order valence-corrected chi connectivity index (χ1v) is 13.8. The van der Waals surface area contributed by atoms with Crippen LogP contribution in [0.15, 0.2) is 63.1 Å². The average molecular weight is 486 g/mol. The minimum absolute atomic E-state index is 0.156. The van der Waals surface area contributed by atoms with Gasteiger partial charge in [0.2, 0.25) is 0 Å². The first kappa shape index (κ1) is 21.5. The number of aryl methyl sites for hydroxylation is 1. The molecule has 6 nitrogen and oxygen atoms in total. The molecule has 0 atom stereocenters. The van der Waals surface area contributed by atoms with Gasteiger partial charge >= 0.3 is 0 Å².